The van der Waals surface area contributed by atoms with Crippen molar-refractivity contribution in [1.82, 2.24) is 9.47 Å². The fraction of sp³-hybridized carbons (Fsp3) is 0.500. The van der Waals surface area contributed by atoms with Crippen molar-refractivity contribution in [3.8, 4) is 0 Å². The van der Waals surface area contributed by atoms with E-state index in [1.807, 2.05) is 7.05 Å². The van der Waals surface area contributed by atoms with Gasteiger partial charge in [-0.05, 0) is 37.6 Å². The number of piperidine rings is 1. The maximum atomic E-state index is 9.69. The molecule has 0 bridgehead atoms. The predicted octanol–water partition coefficient (Wildman–Crippen LogP) is 2.66. The van der Waals surface area contributed by atoms with Crippen LogP contribution in [0.5, 0.6) is 0 Å². The van der Waals surface area contributed by atoms with Crippen molar-refractivity contribution in [3.05, 3.63) is 35.5 Å². The van der Waals surface area contributed by atoms with Crippen LogP contribution in [0.3, 0.4) is 0 Å². The molecule has 0 spiro atoms. The molecule has 0 unspecified atom stereocenters. The van der Waals surface area contributed by atoms with Crippen LogP contribution in [0.2, 0.25) is 0 Å². The molecule has 3 heteroatoms. The molecular formula is C16H22N2O. The van der Waals surface area contributed by atoms with E-state index >= 15 is 0 Å². The first-order valence-corrected chi connectivity index (χ1v) is 7.19. The third kappa shape index (κ3) is 2.28. The van der Waals surface area contributed by atoms with Gasteiger partial charge in [0.1, 0.15) is 0 Å². The second-order valence-electron chi connectivity index (χ2n) is 5.50. The highest BCUT2D eigenvalue weighted by Gasteiger charge is 2.18. The minimum Gasteiger partial charge on any atom is -0.390 e. The normalized spacial score (nSPS) is 17.2. The molecule has 3 rings (SSSR count). The molecule has 1 saturated heterocycles. The van der Waals surface area contributed by atoms with E-state index in [9.17, 15) is 5.11 Å². The molecule has 0 saturated carbocycles. The fourth-order valence-corrected chi connectivity index (χ4v) is 3.24. The third-order valence-electron chi connectivity index (χ3n) is 4.32. The van der Waals surface area contributed by atoms with Gasteiger partial charge in [0.15, 0.2) is 0 Å². The number of aliphatic hydroxyl groups is 1. The van der Waals surface area contributed by atoms with Crippen molar-refractivity contribution in [1.29, 1.82) is 0 Å². The summed E-state index contributed by atoms with van der Waals surface area (Å²) in [6, 6.07) is 8.46. The van der Waals surface area contributed by atoms with Gasteiger partial charge < -0.3 is 9.67 Å². The first-order valence-electron chi connectivity index (χ1n) is 7.19. The Balaban J connectivity index is 2.00. The Kier molecular flexibility index (Phi) is 3.58. The number of rotatable bonds is 3. The minimum absolute atomic E-state index is 0.119. The summed E-state index contributed by atoms with van der Waals surface area (Å²) in [6.07, 6.45) is 3.97. The van der Waals surface area contributed by atoms with E-state index in [0.29, 0.717) is 0 Å². The average molecular weight is 258 g/mol. The van der Waals surface area contributed by atoms with Gasteiger partial charge in [0.25, 0.3) is 0 Å². The molecule has 1 aliphatic heterocycles. The zero-order chi connectivity index (χ0) is 13.2. The summed E-state index contributed by atoms with van der Waals surface area (Å²) in [5.41, 5.74) is 3.59. The summed E-state index contributed by atoms with van der Waals surface area (Å²) in [4.78, 5) is 2.52. The summed E-state index contributed by atoms with van der Waals surface area (Å²) >= 11 is 0. The Hall–Kier alpha value is -1.32. The molecule has 2 aromatic rings. The Bertz CT molecular complexity index is 567. The van der Waals surface area contributed by atoms with Gasteiger partial charge in [-0.3, -0.25) is 4.90 Å². The molecule has 0 atom stereocenters. The molecule has 2 heterocycles. The molecule has 1 N–H and O–H groups in total. The van der Waals surface area contributed by atoms with Gasteiger partial charge in [-0.15, -0.1) is 0 Å². The van der Waals surface area contributed by atoms with Gasteiger partial charge in [0.05, 0.1) is 6.61 Å². The monoisotopic (exact) mass is 258 g/mol. The highest BCUT2D eigenvalue weighted by molar-refractivity contribution is 5.85. The highest BCUT2D eigenvalue weighted by atomic mass is 16.3. The molecule has 102 valence electrons. The van der Waals surface area contributed by atoms with Crippen LogP contribution in [0, 0.1) is 0 Å². The van der Waals surface area contributed by atoms with Crippen molar-refractivity contribution < 1.29 is 5.11 Å². The molecule has 3 nitrogen and oxygen atoms in total. The third-order valence-corrected chi connectivity index (χ3v) is 4.32. The van der Waals surface area contributed by atoms with Crippen molar-refractivity contribution in [2.24, 2.45) is 7.05 Å². The maximum absolute atomic E-state index is 9.69. The number of hydrogen-bond acceptors (Lipinski definition) is 2. The highest BCUT2D eigenvalue weighted by Crippen LogP contribution is 2.27. The van der Waals surface area contributed by atoms with Gasteiger partial charge in [-0.25, -0.2) is 0 Å². The van der Waals surface area contributed by atoms with E-state index < -0.39 is 0 Å². The van der Waals surface area contributed by atoms with Gasteiger partial charge in [0, 0.05) is 30.2 Å². The van der Waals surface area contributed by atoms with Crippen molar-refractivity contribution in [3.63, 3.8) is 0 Å². The van der Waals surface area contributed by atoms with E-state index in [0.717, 1.165) is 12.2 Å². The number of benzene rings is 1. The number of aromatic nitrogens is 1. The lowest BCUT2D eigenvalue weighted by molar-refractivity contribution is 0.217. The maximum Gasteiger partial charge on any atom is 0.0836 e. The van der Waals surface area contributed by atoms with Crippen LogP contribution in [0.25, 0.3) is 10.9 Å². The van der Waals surface area contributed by atoms with E-state index in [4.69, 9.17) is 0 Å². The first-order chi connectivity index (χ1) is 9.31. The Morgan fingerprint density at radius 2 is 1.84 bits per heavy atom. The smallest absolute Gasteiger partial charge is 0.0836 e. The van der Waals surface area contributed by atoms with Crippen LogP contribution in [-0.4, -0.2) is 27.7 Å². The molecular weight excluding hydrogens is 236 g/mol. The van der Waals surface area contributed by atoms with Crippen LogP contribution in [0.15, 0.2) is 24.3 Å². The molecule has 0 aliphatic carbocycles. The quantitative estimate of drug-likeness (QED) is 0.917. The molecule has 19 heavy (non-hydrogen) atoms. The molecule has 0 radical (unpaired) electrons. The Labute approximate surface area is 114 Å². The summed E-state index contributed by atoms with van der Waals surface area (Å²) in [5, 5.41) is 11.0. The molecule has 1 aliphatic rings. The Morgan fingerprint density at radius 1 is 1.11 bits per heavy atom. The van der Waals surface area contributed by atoms with Crippen LogP contribution in [0.1, 0.15) is 30.5 Å². The van der Waals surface area contributed by atoms with Crippen molar-refractivity contribution >= 4 is 10.9 Å². The van der Waals surface area contributed by atoms with Crippen LogP contribution in [0.4, 0.5) is 0 Å². The van der Waals surface area contributed by atoms with Crippen molar-refractivity contribution in [2.75, 3.05) is 13.1 Å². The zero-order valence-corrected chi connectivity index (χ0v) is 11.6. The van der Waals surface area contributed by atoms with E-state index in [1.54, 1.807) is 0 Å². The van der Waals surface area contributed by atoms with Gasteiger partial charge in [-0.2, -0.15) is 0 Å². The van der Waals surface area contributed by atoms with E-state index in [-0.39, 0.29) is 6.61 Å². The summed E-state index contributed by atoms with van der Waals surface area (Å²) in [7, 11) is 2.05. The fourth-order valence-electron chi connectivity index (χ4n) is 3.24. The molecule has 1 aromatic carbocycles. The topological polar surface area (TPSA) is 28.4 Å². The van der Waals surface area contributed by atoms with Gasteiger partial charge >= 0.3 is 0 Å². The second-order valence-corrected chi connectivity index (χ2v) is 5.50. The van der Waals surface area contributed by atoms with Crippen LogP contribution in [-0.2, 0) is 20.2 Å². The van der Waals surface area contributed by atoms with Crippen LogP contribution >= 0.6 is 0 Å². The lowest BCUT2D eigenvalue weighted by Crippen LogP contribution is -2.29. The predicted molar refractivity (Wildman–Crippen MR) is 78.0 cm³/mol. The number of likely N-dealkylation sites (tertiary alicyclic amines) is 1. The lowest BCUT2D eigenvalue weighted by atomic mass is 10.1. The van der Waals surface area contributed by atoms with Gasteiger partial charge in [0.2, 0.25) is 0 Å². The minimum atomic E-state index is 0.119. The molecule has 0 amide bonds. The Morgan fingerprint density at radius 3 is 2.58 bits per heavy atom. The largest absolute Gasteiger partial charge is 0.390 e. The number of fused-ring (bicyclic) bond motifs is 1. The second kappa shape index (κ2) is 5.35. The number of aryl methyl sites for hydroxylation is 1. The summed E-state index contributed by atoms with van der Waals surface area (Å²) in [5.74, 6) is 0. The van der Waals surface area contributed by atoms with E-state index in [1.165, 1.54) is 48.8 Å². The zero-order valence-electron chi connectivity index (χ0n) is 11.6. The van der Waals surface area contributed by atoms with E-state index in [2.05, 4.69) is 33.7 Å². The average Bonchev–Trinajstić information content (AvgIpc) is 2.73. The summed E-state index contributed by atoms with van der Waals surface area (Å²) < 4.78 is 2.13. The molecule has 1 fully saturated rings. The number of nitrogens with zero attached hydrogens (tertiary/aromatic N) is 2. The SMILES string of the molecule is Cn1c(CO)c(CN2CCCCC2)c2ccccc21. The summed E-state index contributed by atoms with van der Waals surface area (Å²) in [6.45, 7) is 3.47. The number of aliphatic hydroxyl groups excluding tert-OH is 1. The molecule has 1 aromatic heterocycles. The van der Waals surface area contributed by atoms with Gasteiger partial charge in [-0.1, -0.05) is 24.6 Å². The number of para-hydroxylation sites is 1. The first kappa shape index (κ1) is 12.7. The van der Waals surface area contributed by atoms with Crippen LogP contribution < -0.4 is 0 Å². The van der Waals surface area contributed by atoms with Crippen molar-refractivity contribution in [2.45, 2.75) is 32.4 Å². The standard InChI is InChI=1S/C16H22N2O/c1-17-15-8-4-3-7-13(15)14(16(17)12-19)11-18-9-5-2-6-10-18/h3-4,7-8,19H,2,5-6,9-12H2,1H3. The lowest BCUT2D eigenvalue weighted by Gasteiger charge is -2.26. The number of hydrogen-bond donors (Lipinski definition) is 1.